The maximum atomic E-state index is 4.23. The lowest BCUT2D eigenvalue weighted by Crippen LogP contribution is -2.24. The van der Waals surface area contributed by atoms with Gasteiger partial charge in [-0.2, -0.15) is 0 Å². The molecule has 0 fully saturated rings. The fourth-order valence-electron chi connectivity index (χ4n) is 3.13. The minimum absolute atomic E-state index is 0.326. The minimum Gasteiger partial charge on any atom is -0.310 e. The highest BCUT2D eigenvalue weighted by atomic mass is 15.4. The molecule has 0 amide bonds. The van der Waals surface area contributed by atoms with Crippen molar-refractivity contribution in [2.45, 2.75) is 45.1 Å². The van der Waals surface area contributed by atoms with Crippen molar-refractivity contribution in [3.63, 3.8) is 0 Å². The Bertz CT molecular complexity index is 603. The summed E-state index contributed by atoms with van der Waals surface area (Å²) in [5, 5.41) is 11.9. The number of hydrogen-bond acceptors (Lipinski definition) is 3. The zero-order valence-corrected chi connectivity index (χ0v) is 13.0. The molecule has 2 aromatic rings. The standard InChI is InChI=1S/C17H24N4/c1-3-9-18-17(11-16-12-21(2)20-19-16)15-8-7-13-5-4-6-14(13)10-15/h7-8,10,12,17-18H,3-6,9,11H2,1-2H3. The molecule has 1 aromatic heterocycles. The lowest BCUT2D eigenvalue weighted by molar-refractivity contribution is 0.523. The zero-order chi connectivity index (χ0) is 14.7. The predicted octanol–water partition coefficient (Wildman–Crippen LogP) is 2.59. The third-order valence-corrected chi connectivity index (χ3v) is 4.23. The van der Waals surface area contributed by atoms with Crippen LogP contribution in [0.4, 0.5) is 0 Å². The first-order chi connectivity index (χ1) is 10.3. The van der Waals surface area contributed by atoms with Crippen LogP contribution in [0.15, 0.2) is 24.4 Å². The van der Waals surface area contributed by atoms with Crippen molar-refractivity contribution >= 4 is 0 Å². The van der Waals surface area contributed by atoms with Crippen LogP contribution in [-0.2, 0) is 26.3 Å². The van der Waals surface area contributed by atoms with Gasteiger partial charge in [-0.25, -0.2) is 0 Å². The van der Waals surface area contributed by atoms with Gasteiger partial charge in [0.25, 0.3) is 0 Å². The molecule has 1 aromatic carbocycles. The van der Waals surface area contributed by atoms with Crippen molar-refractivity contribution in [2.24, 2.45) is 7.05 Å². The molecule has 0 saturated heterocycles. The highest BCUT2D eigenvalue weighted by molar-refractivity contribution is 5.36. The maximum absolute atomic E-state index is 4.23. The van der Waals surface area contributed by atoms with Gasteiger partial charge in [-0.05, 0) is 48.9 Å². The van der Waals surface area contributed by atoms with Gasteiger partial charge in [0, 0.05) is 25.7 Å². The van der Waals surface area contributed by atoms with Crippen molar-refractivity contribution in [1.82, 2.24) is 20.3 Å². The lowest BCUT2D eigenvalue weighted by Gasteiger charge is -2.19. The van der Waals surface area contributed by atoms with Gasteiger partial charge in [-0.3, -0.25) is 4.68 Å². The third kappa shape index (κ3) is 3.32. The molecule has 1 atom stereocenters. The van der Waals surface area contributed by atoms with Gasteiger partial charge in [0.15, 0.2) is 0 Å². The SMILES string of the molecule is CCCNC(Cc1cn(C)nn1)c1ccc2c(c1)CCC2. The highest BCUT2D eigenvalue weighted by Gasteiger charge is 2.17. The van der Waals surface area contributed by atoms with E-state index in [0.29, 0.717) is 6.04 Å². The average molecular weight is 284 g/mol. The number of aromatic nitrogens is 3. The van der Waals surface area contributed by atoms with Crippen LogP contribution in [0.5, 0.6) is 0 Å². The molecule has 0 radical (unpaired) electrons. The van der Waals surface area contributed by atoms with Crippen molar-refractivity contribution in [1.29, 1.82) is 0 Å². The summed E-state index contributed by atoms with van der Waals surface area (Å²) in [7, 11) is 1.92. The van der Waals surface area contributed by atoms with E-state index in [-0.39, 0.29) is 0 Å². The normalized spacial score (nSPS) is 15.1. The number of nitrogens with zero attached hydrogens (tertiary/aromatic N) is 3. The number of hydrogen-bond donors (Lipinski definition) is 1. The second kappa shape index (κ2) is 6.39. The first-order valence-corrected chi connectivity index (χ1v) is 7.96. The average Bonchev–Trinajstić information content (AvgIpc) is 3.11. The van der Waals surface area contributed by atoms with Crippen LogP contribution in [0.3, 0.4) is 0 Å². The van der Waals surface area contributed by atoms with Gasteiger partial charge in [0.1, 0.15) is 0 Å². The molecule has 1 aliphatic rings. The summed E-state index contributed by atoms with van der Waals surface area (Å²) >= 11 is 0. The smallest absolute Gasteiger partial charge is 0.0845 e. The predicted molar refractivity (Wildman–Crippen MR) is 84.2 cm³/mol. The van der Waals surface area contributed by atoms with Crippen molar-refractivity contribution in [2.75, 3.05) is 6.54 Å². The van der Waals surface area contributed by atoms with Crippen LogP contribution in [-0.4, -0.2) is 21.5 Å². The Morgan fingerprint density at radius 1 is 1.29 bits per heavy atom. The Kier molecular flexibility index (Phi) is 4.34. The van der Waals surface area contributed by atoms with E-state index in [1.807, 2.05) is 13.2 Å². The third-order valence-electron chi connectivity index (χ3n) is 4.23. The number of rotatable bonds is 6. The van der Waals surface area contributed by atoms with E-state index in [2.05, 4.69) is 40.8 Å². The van der Waals surface area contributed by atoms with Crippen LogP contribution in [0, 0.1) is 0 Å². The van der Waals surface area contributed by atoms with Crippen molar-refractivity contribution in [3.05, 3.63) is 46.8 Å². The molecule has 1 heterocycles. The van der Waals surface area contributed by atoms with E-state index in [4.69, 9.17) is 0 Å². The number of nitrogens with one attached hydrogen (secondary N) is 1. The molecule has 0 saturated carbocycles. The van der Waals surface area contributed by atoms with Crippen molar-refractivity contribution in [3.8, 4) is 0 Å². The van der Waals surface area contributed by atoms with Crippen LogP contribution in [0.25, 0.3) is 0 Å². The Balaban J connectivity index is 1.80. The number of aryl methyl sites for hydroxylation is 3. The number of fused-ring (bicyclic) bond motifs is 1. The first kappa shape index (κ1) is 14.3. The van der Waals surface area contributed by atoms with Gasteiger partial charge in [-0.15, -0.1) is 5.10 Å². The second-order valence-corrected chi connectivity index (χ2v) is 5.98. The summed E-state index contributed by atoms with van der Waals surface area (Å²) < 4.78 is 1.77. The molecule has 0 spiro atoms. The second-order valence-electron chi connectivity index (χ2n) is 5.98. The fraction of sp³-hybridized carbons (Fsp3) is 0.529. The summed E-state index contributed by atoms with van der Waals surface area (Å²) in [6, 6.07) is 7.32. The molecule has 112 valence electrons. The quantitative estimate of drug-likeness (QED) is 0.886. The molecular formula is C17H24N4. The molecule has 21 heavy (non-hydrogen) atoms. The Labute approximate surface area is 126 Å². The van der Waals surface area contributed by atoms with Gasteiger partial charge in [0.05, 0.1) is 5.69 Å². The molecule has 4 nitrogen and oxygen atoms in total. The Morgan fingerprint density at radius 3 is 2.90 bits per heavy atom. The molecule has 3 rings (SSSR count). The van der Waals surface area contributed by atoms with Crippen LogP contribution >= 0.6 is 0 Å². The van der Waals surface area contributed by atoms with E-state index < -0.39 is 0 Å². The molecular weight excluding hydrogens is 260 g/mol. The van der Waals surface area contributed by atoms with Crippen molar-refractivity contribution < 1.29 is 0 Å². The maximum Gasteiger partial charge on any atom is 0.0845 e. The monoisotopic (exact) mass is 284 g/mol. The van der Waals surface area contributed by atoms with Crippen LogP contribution in [0.2, 0.25) is 0 Å². The van der Waals surface area contributed by atoms with Gasteiger partial charge >= 0.3 is 0 Å². The summed E-state index contributed by atoms with van der Waals surface area (Å²) in [4.78, 5) is 0. The molecule has 0 bridgehead atoms. The van der Waals surface area contributed by atoms with E-state index in [1.54, 1.807) is 4.68 Å². The minimum atomic E-state index is 0.326. The van der Waals surface area contributed by atoms with Gasteiger partial charge < -0.3 is 5.32 Å². The van der Waals surface area contributed by atoms with Crippen LogP contribution in [0.1, 0.15) is 48.2 Å². The fourth-order valence-corrected chi connectivity index (χ4v) is 3.13. The molecule has 1 aliphatic carbocycles. The van der Waals surface area contributed by atoms with E-state index >= 15 is 0 Å². The Morgan fingerprint density at radius 2 is 2.14 bits per heavy atom. The molecule has 0 aliphatic heterocycles. The molecule has 4 heteroatoms. The largest absolute Gasteiger partial charge is 0.310 e. The summed E-state index contributed by atoms with van der Waals surface area (Å²) in [5.74, 6) is 0. The lowest BCUT2D eigenvalue weighted by atomic mass is 9.98. The summed E-state index contributed by atoms with van der Waals surface area (Å²) in [5.41, 5.74) is 5.50. The Hall–Kier alpha value is -1.68. The van der Waals surface area contributed by atoms with E-state index in [9.17, 15) is 0 Å². The first-order valence-electron chi connectivity index (χ1n) is 7.96. The summed E-state index contributed by atoms with van der Waals surface area (Å²) in [6.07, 6.45) is 7.82. The topological polar surface area (TPSA) is 42.7 Å². The zero-order valence-electron chi connectivity index (χ0n) is 13.0. The summed E-state index contributed by atoms with van der Waals surface area (Å²) in [6.45, 7) is 3.23. The van der Waals surface area contributed by atoms with Gasteiger partial charge in [0.2, 0.25) is 0 Å². The molecule has 1 N–H and O–H groups in total. The highest BCUT2D eigenvalue weighted by Crippen LogP contribution is 2.26. The van der Waals surface area contributed by atoms with Crippen LogP contribution < -0.4 is 5.32 Å². The molecule has 1 unspecified atom stereocenters. The van der Waals surface area contributed by atoms with E-state index in [0.717, 1.165) is 25.1 Å². The van der Waals surface area contributed by atoms with E-state index in [1.165, 1.54) is 36.0 Å². The number of benzene rings is 1. The van der Waals surface area contributed by atoms with Gasteiger partial charge in [-0.1, -0.05) is 30.3 Å².